The van der Waals surface area contributed by atoms with Crippen LogP contribution < -0.4 is 10.6 Å². The third-order valence-electron chi connectivity index (χ3n) is 3.14. The number of nitrogens with one attached hydrogen (secondary N) is 2. The largest absolute Gasteiger partial charge is 0.459 e. The van der Waals surface area contributed by atoms with E-state index in [1.807, 2.05) is 32.0 Å². The predicted octanol–water partition coefficient (Wildman–Crippen LogP) is 2.65. The van der Waals surface area contributed by atoms with Crippen LogP contribution in [0.5, 0.6) is 0 Å². The molecular formula is C16H18N2O3. The molecule has 0 spiro atoms. The molecule has 0 fully saturated rings. The number of anilines is 1. The van der Waals surface area contributed by atoms with E-state index in [1.54, 1.807) is 19.1 Å². The Kier molecular flexibility index (Phi) is 4.42. The van der Waals surface area contributed by atoms with Crippen LogP contribution in [0.15, 0.2) is 41.0 Å². The summed E-state index contributed by atoms with van der Waals surface area (Å²) in [6, 6.07) is 8.32. The standard InChI is InChI=1S/C16H18N2O3/c1-10-6-7-11(2)13(9-10)18-15(19)12(3)17-16(20)14-5-4-8-21-14/h4-9,12H,1-3H3,(H,17,20)(H,18,19)/t12-/m1/s1. The summed E-state index contributed by atoms with van der Waals surface area (Å²) in [6.07, 6.45) is 1.41. The van der Waals surface area contributed by atoms with Gasteiger partial charge in [-0.2, -0.15) is 0 Å². The number of aryl methyl sites for hydroxylation is 2. The molecule has 2 amide bonds. The molecule has 1 aromatic heterocycles. The van der Waals surface area contributed by atoms with Crippen LogP contribution >= 0.6 is 0 Å². The van der Waals surface area contributed by atoms with Gasteiger partial charge in [0.05, 0.1) is 6.26 Å². The van der Waals surface area contributed by atoms with Crippen LogP contribution in [-0.2, 0) is 4.79 Å². The molecular weight excluding hydrogens is 268 g/mol. The normalized spacial score (nSPS) is 11.8. The SMILES string of the molecule is Cc1ccc(C)c(NC(=O)[C@@H](C)NC(=O)c2ccco2)c1. The lowest BCUT2D eigenvalue weighted by atomic mass is 10.1. The summed E-state index contributed by atoms with van der Waals surface area (Å²) in [6.45, 7) is 5.50. The van der Waals surface area contributed by atoms with Crippen LogP contribution in [0.2, 0.25) is 0 Å². The third-order valence-corrected chi connectivity index (χ3v) is 3.14. The van der Waals surface area contributed by atoms with Gasteiger partial charge in [-0.3, -0.25) is 9.59 Å². The second-order valence-electron chi connectivity index (χ2n) is 4.98. The summed E-state index contributed by atoms with van der Waals surface area (Å²) >= 11 is 0. The van der Waals surface area contributed by atoms with Crippen molar-refractivity contribution in [3.63, 3.8) is 0 Å². The number of carbonyl (C=O) groups excluding carboxylic acids is 2. The van der Waals surface area contributed by atoms with Crippen molar-refractivity contribution in [1.29, 1.82) is 0 Å². The van der Waals surface area contributed by atoms with Crippen LogP contribution in [0.25, 0.3) is 0 Å². The summed E-state index contributed by atoms with van der Waals surface area (Å²) in [4.78, 5) is 23.9. The molecule has 1 heterocycles. The van der Waals surface area contributed by atoms with Gasteiger partial charge in [-0.15, -0.1) is 0 Å². The molecule has 0 saturated carbocycles. The number of hydrogen-bond donors (Lipinski definition) is 2. The Bertz CT molecular complexity index is 648. The molecule has 5 heteroatoms. The fourth-order valence-electron chi connectivity index (χ4n) is 1.85. The van der Waals surface area contributed by atoms with Gasteiger partial charge in [0.1, 0.15) is 6.04 Å². The monoisotopic (exact) mass is 286 g/mol. The van der Waals surface area contributed by atoms with Crippen LogP contribution in [0.4, 0.5) is 5.69 Å². The number of rotatable bonds is 4. The maximum atomic E-state index is 12.1. The molecule has 1 aromatic carbocycles. The highest BCUT2D eigenvalue weighted by molar-refractivity contribution is 6.00. The summed E-state index contributed by atoms with van der Waals surface area (Å²) in [5.41, 5.74) is 2.78. The van der Waals surface area contributed by atoms with Gasteiger partial charge in [0.2, 0.25) is 5.91 Å². The van der Waals surface area contributed by atoms with Crippen LogP contribution in [-0.4, -0.2) is 17.9 Å². The second-order valence-corrected chi connectivity index (χ2v) is 4.98. The van der Waals surface area contributed by atoms with Crippen molar-refractivity contribution in [3.8, 4) is 0 Å². The smallest absolute Gasteiger partial charge is 0.287 e. The molecule has 0 saturated heterocycles. The summed E-state index contributed by atoms with van der Waals surface area (Å²) in [5.74, 6) is -0.506. The summed E-state index contributed by atoms with van der Waals surface area (Å²) in [5, 5.41) is 5.41. The van der Waals surface area contributed by atoms with E-state index in [1.165, 1.54) is 6.26 Å². The molecule has 0 unspecified atom stereocenters. The fourth-order valence-corrected chi connectivity index (χ4v) is 1.85. The van der Waals surface area contributed by atoms with Crippen molar-refractivity contribution in [2.24, 2.45) is 0 Å². The van der Waals surface area contributed by atoms with Gasteiger partial charge in [-0.05, 0) is 50.1 Å². The highest BCUT2D eigenvalue weighted by Gasteiger charge is 2.18. The van der Waals surface area contributed by atoms with Crippen LogP contribution in [0.3, 0.4) is 0 Å². The molecule has 0 bridgehead atoms. The van der Waals surface area contributed by atoms with Gasteiger partial charge in [0, 0.05) is 5.69 Å². The number of hydrogen-bond acceptors (Lipinski definition) is 3. The topological polar surface area (TPSA) is 71.3 Å². The molecule has 5 nitrogen and oxygen atoms in total. The lowest BCUT2D eigenvalue weighted by Crippen LogP contribution is -2.41. The number of amides is 2. The van der Waals surface area contributed by atoms with E-state index in [-0.39, 0.29) is 11.7 Å². The lowest BCUT2D eigenvalue weighted by molar-refractivity contribution is -0.117. The van der Waals surface area contributed by atoms with E-state index in [2.05, 4.69) is 10.6 Å². The van der Waals surface area contributed by atoms with Crippen molar-refractivity contribution < 1.29 is 14.0 Å². The van der Waals surface area contributed by atoms with Gasteiger partial charge < -0.3 is 15.1 Å². The average molecular weight is 286 g/mol. The Morgan fingerprint density at radius 2 is 1.95 bits per heavy atom. The van der Waals surface area contributed by atoms with E-state index in [0.717, 1.165) is 16.8 Å². The lowest BCUT2D eigenvalue weighted by Gasteiger charge is -2.15. The summed E-state index contributed by atoms with van der Waals surface area (Å²) < 4.78 is 4.99. The molecule has 0 aliphatic rings. The van der Waals surface area contributed by atoms with E-state index in [0.29, 0.717) is 0 Å². The van der Waals surface area contributed by atoms with Gasteiger partial charge in [-0.1, -0.05) is 12.1 Å². The number of carbonyl (C=O) groups is 2. The van der Waals surface area contributed by atoms with Gasteiger partial charge in [0.25, 0.3) is 5.91 Å². The molecule has 0 aliphatic heterocycles. The first-order chi connectivity index (χ1) is 9.97. The van der Waals surface area contributed by atoms with E-state index >= 15 is 0 Å². The first-order valence-electron chi connectivity index (χ1n) is 6.70. The molecule has 0 aliphatic carbocycles. The zero-order valence-corrected chi connectivity index (χ0v) is 12.3. The first kappa shape index (κ1) is 14.8. The van der Waals surface area contributed by atoms with Crippen molar-refractivity contribution in [1.82, 2.24) is 5.32 Å². The van der Waals surface area contributed by atoms with Crippen molar-refractivity contribution in [2.45, 2.75) is 26.8 Å². The van der Waals surface area contributed by atoms with Gasteiger partial charge in [0.15, 0.2) is 5.76 Å². The molecule has 110 valence electrons. The van der Waals surface area contributed by atoms with E-state index < -0.39 is 11.9 Å². The van der Waals surface area contributed by atoms with Crippen molar-refractivity contribution in [3.05, 3.63) is 53.5 Å². The number of furan rings is 1. The highest BCUT2D eigenvalue weighted by Crippen LogP contribution is 2.16. The molecule has 2 aromatic rings. The molecule has 0 radical (unpaired) electrons. The first-order valence-corrected chi connectivity index (χ1v) is 6.70. The quantitative estimate of drug-likeness (QED) is 0.907. The Labute approximate surface area is 123 Å². The Balaban J connectivity index is 1.99. The highest BCUT2D eigenvalue weighted by atomic mass is 16.3. The minimum atomic E-state index is -0.664. The second kappa shape index (κ2) is 6.26. The zero-order valence-electron chi connectivity index (χ0n) is 12.3. The van der Waals surface area contributed by atoms with Crippen LogP contribution in [0.1, 0.15) is 28.6 Å². The Morgan fingerprint density at radius 3 is 2.62 bits per heavy atom. The average Bonchev–Trinajstić information content (AvgIpc) is 2.97. The maximum absolute atomic E-state index is 12.1. The van der Waals surface area contributed by atoms with Gasteiger partial charge in [-0.25, -0.2) is 0 Å². The minimum absolute atomic E-state index is 0.182. The van der Waals surface area contributed by atoms with Crippen molar-refractivity contribution in [2.75, 3.05) is 5.32 Å². The Morgan fingerprint density at radius 1 is 1.19 bits per heavy atom. The zero-order chi connectivity index (χ0) is 15.4. The van der Waals surface area contributed by atoms with E-state index in [4.69, 9.17) is 4.42 Å². The molecule has 1 atom stereocenters. The summed E-state index contributed by atoms with van der Waals surface area (Å²) in [7, 11) is 0. The molecule has 2 N–H and O–H groups in total. The molecule has 21 heavy (non-hydrogen) atoms. The molecule has 2 rings (SSSR count). The number of benzene rings is 1. The van der Waals surface area contributed by atoms with Crippen LogP contribution in [0, 0.1) is 13.8 Å². The minimum Gasteiger partial charge on any atom is -0.459 e. The van der Waals surface area contributed by atoms with Gasteiger partial charge >= 0.3 is 0 Å². The predicted molar refractivity (Wildman–Crippen MR) is 80.2 cm³/mol. The Hall–Kier alpha value is -2.56. The van der Waals surface area contributed by atoms with E-state index in [9.17, 15) is 9.59 Å². The third kappa shape index (κ3) is 3.72. The maximum Gasteiger partial charge on any atom is 0.287 e. The van der Waals surface area contributed by atoms with Crippen molar-refractivity contribution >= 4 is 17.5 Å². The fraction of sp³-hybridized carbons (Fsp3) is 0.250.